The molecule has 0 heterocycles. The average molecular weight is 244 g/mol. The number of carboxylic acids is 1. The molecule has 0 bridgehead atoms. The maximum Gasteiger partial charge on any atom is 0.303 e. The SMILES string of the molecule is Nc1ccc(Br)c(CCC(=O)O)c1. The van der Waals surface area contributed by atoms with Gasteiger partial charge in [-0.25, -0.2) is 0 Å². The highest BCUT2D eigenvalue weighted by Gasteiger charge is 2.03. The Balaban J connectivity index is 2.75. The number of anilines is 1. The molecule has 0 unspecified atom stereocenters. The highest BCUT2D eigenvalue weighted by Crippen LogP contribution is 2.20. The molecule has 1 rings (SSSR count). The number of aliphatic carboxylic acids is 1. The number of rotatable bonds is 3. The lowest BCUT2D eigenvalue weighted by Gasteiger charge is -2.03. The molecule has 0 aromatic heterocycles. The van der Waals surface area contributed by atoms with E-state index in [2.05, 4.69) is 15.9 Å². The lowest BCUT2D eigenvalue weighted by Crippen LogP contribution is -1.98. The van der Waals surface area contributed by atoms with Crippen molar-refractivity contribution in [2.75, 3.05) is 5.73 Å². The Kier molecular flexibility index (Phi) is 3.31. The number of nitrogen functional groups attached to an aromatic ring is 1. The first kappa shape index (κ1) is 10.1. The first-order valence-corrected chi connectivity index (χ1v) is 4.64. The van der Waals surface area contributed by atoms with Gasteiger partial charge in [0.15, 0.2) is 0 Å². The standard InChI is InChI=1S/C9H10BrNO2/c10-8-3-2-7(11)5-6(8)1-4-9(12)13/h2-3,5H,1,4,11H2,(H,12,13). The predicted molar refractivity (Wildman–Crippen MR) is 54.5 cm³/mol. The van der Waals surface area contributed by atoms with E-state index in [4.69, 9.17) is 10.8 Å². The quantitative estimate of drug-likeness (QED) is 0.800. The van der Waals surface area contributed by atoms with Gasteiger partial charge in [0.1, 0.15) is 0 Å². The summed E-state index contributed by atoms with van der Waals surface area (Å²) in [7, 11) is 0. The van der Waals surface area contributed by atoms with Crippen LogP contribution in [0.25, 0.3) is 0 Å². The van der Waals surface area contributed by atoms with Gasteiger partial charge >= 0.3 is 5.97 Å². The van der Waals surface area contributed by atoms with Crippen molar-refractivity contribution in [1.82, 2.24) is 0 Å². The van der Waals surface area contributed by atoms with Crippen LogP contribution in [0.15, 0.2) is 22.7 Å². The van der Waals surface area contributed by atoms with Gasteiger partial charge in [-0.3, -0.25) is 4.79 Å². The Labute approximate surface area is 84.7 Å². The van der Waals surface area contributed by atoms with Crippen molar-refractivity contribution in [3.63, 3.8) is 0 Å². The molecule has 0 atom stereocenters. The highest BCUT2D eigenvalue weighted by atomic mass is 79.9. The molecule has 4 heteroatoms. The molecular formula is C9H10BrNO2. The van der Waals surface area contributed by atoms with E-state index in [1.165, 1.54) is 0 Å². The molecule has 3 N–H and O–H groups in total. The Bertz CT molecular complexity index is 325. The van der Waals surface area contributed by atoms with E-state index in [9.17, 15) is 4.79 Å². The van der Waals surface area contributed by atoms with E-state index < -0.39 is 5.97 Å². The first-order chi connectivity index (χ1) is 6.09. The Morgan fingerprint density at radius 2 is 2.23 bits per heavy atom. The zero-order valence-electron chi connectivity index (χ0n) is 6.96. The second-order valence-corrected chi connectivity index (χ2v) is 3.60. The van der Waals surface area contributed by atoms with Crippen LogP contribution in [0.2, 0.25) is 0 Å². The number of hydrogen-bond donors (Lipinski definition) is 2. The van der Waals surface area contributed by atoms with Crippen LogP contribution in [0.5, 0.6) is 0 Å². The van der Waals surface area contributed by atoms with Crippen LogP contribution >= 0.6 is 15.9 Å². The van der Waals surface area contributed by atoms with E-state index >= 15 is 0 Å². The largest absolute Gasteiger partial charge is 0.481 e. The molecule has 13 heavy (non-hydrogen) atoms. The molecule has 70 valence electrons. The Hall–Kier alpha value is -1.03. The van der Waals surface area contributed by atoms with Gasteiger partial charge < -0.3 is 10.8 Å². The molecule has 0 spiro atoms. The summed E-state index contributed by atoms with van der Waals surface area (Å²) in [6, 6.07) is 5.38. The third kappa shape index (κ3) is 3.06. The fraction of sp³-hybridized carbons (Fsp3) is 0.222. The van der Waals surface area contributed by atoms with E-state index in [0.29, 0.717) is 12.1 Å². The molecule has 0 saturated heterocycles. The van der Waals surface area contributed by atoms with Gasteiger partial charge in [-0.2, -0.15) is 0 Å². The lowest BCUT2D eigenvalue weighted by molar-refractivity contribution is -0.136. The molecule has 0 aliphatic rings. The molecule has 0 aliphatic heterocycles. The van der Waals surface area contributed by atoms with Gasteiger partial charge in [0.25, 0.3) is 0 Å². The first-order valence-electron chi connectivity index (χ1n) is 3.85. The summed E-state index contributed by atoms with van der Waals surface area (Å²) < 4.78 is 0.906. The van der Waals surface area contributed by atoms with Crippen LogP contribution in [0.4, 0.5) is 5.69 Å². The van der Waals surface area contributed by atoms with E-state index in [0.717, 1.165) is 10.0 Å². The summed E-state index contributed by atoms with van der Waals surface area (Å²) in [6.45, 7) is 0. The third-order valence-corrected chi connectivity index (χ3v) is 2.45. The number of hydrogen-bond acceptors (Lipinski definition) is 2. The Morgan fingerprint density at radius 1 is 1.54 bits per heavy atom. The number of carboxylic acid groups (broad SMARTS) is 1. The van der Waals surface area contributed by atoms with Crippen LogP contribution < -0.4 is 5.73 Å². The highest BCUT2D eigenvalue weighted by molar-refractivity contribution is 9.10. The summed E-state index contributed by atoms with van der Waals surface area (Å²) in [5.74, 6) is -0.797. The van der Waals surface area contributed by atoms with Gasteiger partial charge in [-0.1, -0.05) is 15.9 Å². The maximum atomic E-state index is 10.3. The van der Waals surface area contributed by atoms with E-state index in [1.54, 1.807) is 12.1 Å². The molecule has 0 amide bonds. The Morgan fingerprint density at radius 3 is 2.85 bits per heavy atom. The minimum absolute atomic E-state index is 0.127. The van der Waals surface area contributed by atoms with Crippen molar-refractivity contribution in [1.29, 1.82) is 0 Å². The zero-order valence-corrected chi connectivity index (χ0v) is 8.54. The smallest absolute Gasteiger partial charge is 0.303 e. The van der Waals surface area contributed by atoms with Crippen LogP contribution in [-0.4, -0.2) is 11.1 Å². The molecule has 0 fully saturated rings. The van der Waals surface area contributed by atoms with Gasteiger partial charge in [0.05, 0.1) is 0 Å². The van der Waals surface area contributed by atoms with Crippen molar-refractivity contribution in [2.45, 2.75) is 12.8 Å². The molecule has 1 aromatic rings. The van der Waals surface area contributed by atoms with Gasteiger partial charge in [-0.05, 0) is 30.2 Å². The third-order valence-electron chi connectivity index (χ3n) is 1.68. The zero-order chi connectivity index (χ0) is 9.84. The van der Waals surface area contributed by atoms with Gasteiger partial charge in [0, 0.05) is 16.6 Å². The van der Waals surface area contributed by atoms with Crippen LogP contribution in [0.1, 0.15) is 12.0 Å². The fourth-order valence-corrected chi connectivity index (χ4v) is 1.47. The molecular weight excluding hydrogens is 234 g/mol. The van der Waals surface area contributed by atoms with Crippen molar-refractivity contribution in [3.05, 3.63) is 28.2 Å². The molecule has 1 aromatic carbocycles. The second kappa shape index (κ2) is 4.28. The van der Waals surface area contributed by atoms with Crippen molar-refractivity contribution < 1.29 is 9.90 Å². The topological polar surface area (TPSA) is 63.3 Å². The monoisotopic (exact) mass is 243 g/mol. The predicted octanol–water partition coefficient (Wildman–Crippen LogP) is 2.05. The summed E-state index contributed by atoms with van der Waals surface area (Å²) in [5, 5.41) is 8.49. The summed E-state index contributed by atoms with van der Waals surface area (Å²) in [5.41, 5.74) is 7.15. The summed E-state index contributed by atoms with van der Waals surface area (Å²) in [4.78, 5) is 10.3. The van der Waals surface area contributed by atoms with Crippen molar-refractivity contribution in [3.8, 4) is 0 Å². The minimum atomic E-state index is -0.797. The lowest BCUT2D eigenvalue weighted by atomic mass is 10.1. The number of nitrogens with two attached hydrogens (primary N) is 1. The van der Waals surface area contributed by atoms with Crippen LogP contribution in [-0.2, 0) is 11.2 Å². The van der Waals surface area contributed by atoms with Crippen molar-refractivity contribution in [2.24, 2.45) is 0 Å². The summed E-state index contributed by atoms with van der Waals surface area (Å²) >= 11 is 3.33. The number of carbonyl (C=O) groups is 1. The summed E-state index contributed by atoms with van der Waals surface area (Å²) in [6.07, 6.45) is 0.628. The maximum absolute atomic E-state index is 10.3. The number of aryl methyl sites for hydroxylation is 1. The van der Waals surface area contributed by atoms with E-state index in [-0.39, 0.29) is 6.42 Å². The van der Waals surface area contributed by atoms with Crippen LogP contribution in [0.3, 0.4) is 0 Å². The second-order valence-electron chi connectivity index (χ2n) is 2.74. The van der Waals surface area contributed by atoms with E-state index in [1.807, 2.05) is 6.07 Å². The van der Waals surface area contributed by atoms with Crippen molar-refractivity contribution >= 4 is 27.6 Å². The molecule has 0 aliphatic carbocycles. The van der Waals surface area contributed by atoms with Gasteiger partial charge in [-0.15, -0.1) is 0 Å². The number of benzene rings is 1. The normalized spacial score (nSPS) is 9.92. The molecule has 0 saturated carbocycles. The van der Waals surface area contributed by atoms with Crippen LogP contribution in [0, 0.1) is 0 Å². The molecule has 0 radical (unpaired) electrons. The van der Waals surface area contributed by atoms with Gasteiger partial charge in [0.2, 0.25) is 0 Å². The minimum Gasteiger partial charge on any atom is -0.481 e. The fourth-order valence-electron chi connectivity index (χ4n) is 1.03. The average Bonchev–Trinajstić information content (AvgIpc) is 2.06. The number of halogens is 1. The molecule has 3 nitrogen and oxygen atoms in total.